The number of aromatic amines is 1. The average molecular weight is 998 g/mol. The summed E-state index contributed by atoms with van der Waals surface area (Å²) in [6, 6.07) is 11.8. The molecule has 4 aromatic rings. The second-order valence-electron chi connectivity index (χ2n) is 16.8. The number of aromatic hydroxyl groups is 1. The van der Waals surface area contributed by atoms with Gasteiger partial charge in [-0.3, -0.25) is 43.2 Å². The number of phenols is 1. The number of primary amides is 2. The van der Waals surface area contributed by atoms with Crippen LogP contribution in [0.15, 0.2) is 97.5 Å². The fourth-order valence-corrected chi connectivity index (χ4v) is 7.19. The summed E-state index contributed by atoms with van der Waals surface area (Å²) >= 11 is 0. The van der Waals surface area contributed by atoms with E-state index in [0.29, 0.717) is 22.4 Å². The Morgan fingerprint density at radius 2 is 0.861 bits per heavy atom. The number of nitrogens with two attached hydrogens (primary N) is 3. The minimum atomic E-state index is -1.69. The van der Waals surface area contributed by atoms with Crippen LogP contribution < -0.4 is 49.1 Å². The predicted molar refractivity (Wildman–Crippen MR) is 255 cm³/mol. The third-order valence-corrected chi connectivity index (χ3v) is 11.0. The van der Waals surface area contributed by atoms with Gasteiger partial charge in [-0.05, 0) is 48.1 Å². The fourth-order valence-electron chi connectivity index (χ4n) is 7.19. The molecule has 24 heteroatoms. The Kier molecular flexibility index (Phi) is 21.8. The van der Waals surface area contributed by atoms with Gasteiger partial charge in [-0.15, -0.1) is 0 Å². The van der Waals surface area contributed by atoms with Crippen molar-refractivity contribution in [2.45, 2.75) is 107 Å². The number of phenolic OH excluding ortho intramolecular Hbond substituents is 1. The van der Waals surface area contributed by atoms with Gasteiger partial charge in [0.1, 0.15) is 42.0 Å². The Balaban J connectivity index is 1.63. The number of carboxylic acids is 2. The lowest BCUT2D eigenvalue weighted by Gasteiger charge is -2.28. The number of aliphatic carboxylic acids is 2. The number of hydrogen-bond acceptors (Lipinski definition) is 13. The Labute approximate surface area is 412 Å². The van der Waals surface area contributed by atoms with Crippen molar-refractivity contribution in [1.29, 1.82) is 0 Å². The van der Waals surface area contributed by atoms with E-state index < -0.39 is 134 Å². The number of carbonyl (C=O) groups excluding carboxylic acids is 8. The van der Waals surface area contributed by atoms with Gasteiger partial charge in [-0.25, -0.2) is 9.78 Å². The van der Waals surface area contributed by atoms with Gasteiger partial charge in [-0.1, -0.05) is 72.8 Å². The molecule has 0 saturated carbocycles. The molecule has 72 heavy (non-hydrogen) atoms. The standard InChI is InChI=1S/C48H59N11O13/c49-32(24-30-25-52-26-53-30)42(65)57-36(21-27-7-3-1-4-8-27)45(68)54-33(15-18-39(50)61)43(66)58-37(22-28-9-5-2-6-10-28)46(69)55-34(16-19-40(51)62)44(67)59-38(23-29-11-13-31(60)14-12-29)47(70)56-35(48(71)72)17-20-41(63)64/h1-14,25-26,32-38,60H,15-24,49H2,(H2,50,61)(H2,51,62)(H,52,53)(H,54,68)(H,55,69)(H,56,70)(H,57,65)(H,58,66)(H,59,67)(H,63,64)(H,71,72)/t32-,33-,34-,35-,36-,37-,38-/m0/s1. The largest absolute Gasteiger partial charge is 0.508 e. The third-order valence-electron chi connectivity index (χ3n) is 11.0. The molecule has 0 bridgehead atoms. The van der Waals surface area contributed by atoms with E-state index in [1.807, 2.05) is 0 Å². The molecule has 1 aromatic heterocycles. The molecule has 24 nitrogen and oxygen atoms in total. The molecule has 0 spiro atoms. The van der Waals surface area contributed by atoms with E-state index in [0.717, 1.165) is 0 Å². The number of amides is 8. The lowest BCUT2D eigenvalue weighted by atomic mass is 10.0. The first-order valence-electron chi connectivity index (χ1n) is 22.7. The van der Waals surface area contributed by atoms with Crippen molar-refractivity contribution in [3.05, 3.63) is 120 Å². The van der Waals surface area contributed by atoms with E-state index in [1.165, 1.54) is 30.6 Å². The van der Waals surface area contributed by atoms with Gasteiger partial charge in [0.25, 0.3) is 0 Å². The van der Waals surface area contributed by atoms with Crippen LogP contribution in [0.4, 0.5) is 0 Å². The summed E-state index contributed by atoms with van der Waals surface area (Å²) in [6.07, 6.45) is -0.452. The monoisotopic (exact) mass is 997 g/mol. The maximum absolute atomic E-state index is 14.4. The number of carbonyl (C=O) groups is 10. The smallest absolute Gasteiger partial charge is 0.326 e. The number of aromatic nitrogens is 2. The van der Waals surface area contributed by atoms with Gasteiger partial charge in [-0.2, -0.15) is 0 Å². The van der Waals surface area contributed by atoms with Gasteiger partial charge in [0.15, 0.2) is 0 Å². The quantitative estimate of drug-likeness (QED) is 0.0272. The van der Waals surface area contributed by atoms with Gasteiger partial charge in [0.2, 0.25) is 47.3 Å². The van der Waals surface area contributed by atoms with E-state index in [2.05, 4.69) is 41.9 Å². The number of nitrogens with zero attached hydrogens (tertiary/aromatic N) is 1. The molecule has 4 rings (SSSR count). The van der Waals surface area contributed by atoms with Gasteiger partial charge >= 0.3 is 11.9 Å². The van der Waals surface area contributed by atoms with Crippen molar-refractivity contribution in [1.82, 2.24) is 41.9 Å². The number of H-pyrrole nitrogens is 1. The Hall–Kier alpha value is -8.67. The van der Waals surface area contributed by atoms with Crippen molar-refractivity contribution in [3.63, 3.8) is 0 Å². The lowest BCUT2D eigenvalue weighted by Crippen LogP contribution is -2.60. The number of rotatable bonds is 30. The van der Waals surface area contributed by atoms with Crippen LogP contribution in [0.5, 0.6) is 5.75 Å². The highest BCUT2D eigenvalue weighted by Crippen LogP contribution is 2.14. The first-order valence-corrected chi connectivity index (χ1v) is 22.7. The van der Waals surface area contributed by atoms with Crippen LogP contribution in [-0.4, -0.2) is 127 Å². The number of nitrogens with one attached hydrogen (secondary N) is 7. The number of hydrogen-bond donors (Lipinski definition) is 13. The summed E-state index contributed by atoms with van der Waals surface area (Å²) in [7, 11) is 0. The summed E-state index contributed by atoms with van der Waals surface area (Å²) < 4.78 is 0. The lowest BCUT2D eigenvalue weighted by molar-refractivity contribution is -0.143. The Morgan fingerprint density at radius 1 is 0.486 bits per heavy atom. The highest BCUT2D eigenvalue weighted by Gasteiger charge is 2.35. The SMILES string of the molecule is NC(=O)CC[C@H](NC(=O)[C@H](Cc1ccccc1)NC(=O)[C@H](CCC(N)=O)NC(=O)[C@H](Cc1ccccc1)NC(=O)[C@@H](N)Cc1c[nH]cn1)C(=O)N[C@@H](Cc1ccc(O)cc1)C(=O)N[C@@H](CCC(=O)O)C(=O)O. The van der Waals surface area contributed by atoms with Crippen molar-refractivity contribution in [3.8, 4) is 5.75 Å². The maximum atomic E-state index is 14.4. The van der Waals surface area contributed by atoms with Crippen LogP contribution >= 0.6 is 0 Å². The van der Waals surface area contributed by atoms with Crippen molar-refractivity contribution < 1.29 is 63.3 Å². The first kappa shape index (κ1) is 55.9. The molecule has 0 saturated heterocycles. The zero-order chi connectivity index (χ0) is 52.7. The second-order valence-corrected chi connectivity index (χ2v) is 16.8. The third kappa shape index (κ3) is 19.4. The van der Waals surface area contributed by atoms with E-state index in [9.17, 15) is 58.2 Å². The van der Waals surface area contributed by atoms with Crippen molar-refractivity contribution in [2.75, 3.05) is 0 Å². The zero-order valence-electron chi connectivity index (χ0n) is 39.0. The van der Waals surface area contributed by atoms with E-state index in [1.54, 1.807) is 66.9 Å². The van der Waals surface area contributed by atoms with E-state index in [-0.39, 0.29) is 37.9 Å². The molecule has 0 fully saturated rings. The molecule has 0 aliphatic rings. The summed E-state index contributed by atoms with van der Waals surface area (Å²) in [5, 5.41) is 43.7. The summed E-state index contributed by atoms with van der Waals surface area (Å²) in [5.41, 5.74) is 19.0. The van der Waals surface area contributed by atoms with E-state index >= 15 is 0 Å². The second kappa shape index (κ2) is 28.1. The Morgan fingerprint density at radius 3 is 1.25 bits per heavy atom. The normalized spacial score (nSPS) is 13.8. The minimum absolute atomic E-state index is 0.0215. The summed E-state index contributed by atoms with van der Waals surface area (Å²) in [5.74, 6) is -10.4. The van der Waals surface area contributed by atoms with Gasteiger partial charge in [0.05, 0.1) is 18.1 Å². The van der Waals surface area contributed by atoms with Crippen LogP contribution in [0.1, 0.15) is 60.9 Å². The highest BCUT2D eigenvalue weighted by atomic mass is 16.4. The van der Waals surface area contributed by atoms with Gasteiger partial charge in [0, 0.05) is 51.1 Å². The first-order chi connectivity index (χ1) is 34.3. The number of carboxylic acid groups (broad SMARTS) is 2. The predicted octanol–water partition coefficient (Wildman–Crippen LogP) is -1.90. The summed E-state index contributed by atoms with van der Waals surface area (Å²) in [6.45, 7) is 0. The van der Waals surface area contributed by atoms with Crippen LogP contribution in [0, 0.1) is 0 Å². The molecule has 3 aromatic carbocycles. The molecule has 0 radical (unpaired) electrons. The summed E-state index contributed by atoms with van der Waals surface area (Å²) in [4.78, 5) is 138. The molecule has 0 aliphatic heterocycles. The topological polar surface area (TPSA) is 410 Å². The van der Waals surface area contributed by atoms with Crippen LogP contribution in [0.2, 0.25) is 0 Å². The minimum Gasteiger partial charge on any atom is -0.508 e. The molecule has 0 aliphatic carbocycles. The van der Waals surface area contributed by atoms with Crippen molar-refractivity contribution in [2.24, 2.45) is 17.2 Å². The average Bonchev–Trinajstić information content (AvgIpc) is 3.86. The highest BCUT2D eigenvalue weighted by molar-refractivity contribution is 5.97. The molecular formula is C48H59N11O13. The van der Waals surface area contributed by atoms with Crippen molar-refractivity contribution >= 4 is 59.2 Å². The Bertz CT molecular complexity index is 2490. The molecule has 384 valence electrons. The molecule has 1 heterocycles. The maximum Gasteiger partial charge on any atom is 0.326 e. The van der Waals surface area contributed by atoms with E-state index in [4.69, 9.17) is 22.3 Å². The fraction of sp³-hybridized carbons (Fsp3) is 0.354. The number of imidazole rings is 1. The van der Waals surface area contributed by atoms with Crippen LogP contribution in [0.3, 0.4) is 0 Å². The zero-order valence-corrected chi connectivity index (χ0v) is 39.0. The molecular weight excluding hydrogens is 939 g/mol. The van der Waals surface area contributed by atoms with Crippen LogP contribution in [0.25, 0.3) is 0 Å². The molecule has 7 atom stereocenters. The number of benzene rings is 3. The molecule has 16 N–H and O–H groups in total. The van der Waals surface area contributed by atoms with Gasteiger partial charge < -0.3 is 69.4 Å². The molecule has 0 unspecified atom stereocenters. The molecule has 8 amide bonds. The van der Waals surface area contributed by atoms with Crippen LogP contribution in [-0.2, 0) is 73.6 Å².